The lowest BCUT2D eigenvalue weighted by Crippen LogP contribution is -2.37. The Kier molecular flexibility index (Phi) is 5.36. The first-order valence-corrected chi connectivity index (χ1v) is 7.40. The van der Waals surface area contributed by atoms with E-state index in [0.717, 1.165) is 32.2 Å². The summed E-state index contributed by atoms with van der Waals surface area (Å²) in [7, 11) is 0. The van der Waals surface area contributed by atoms with Gasteiger partial charge in [-0.3, -0.25) is 4.79 Å². The van der Waals surface area contributed by atoms with Crippen molar-refractivity contribution in [1.29, 1.82) is 0 Å². The molecule has 0 aromatic heterocycles. The quantitative estimate of drug-likeness (QED) is 0.808. The van der Waals surface area contributed by atoms with Crippen LogP contribution in [0.15, 0.2) is 43.0 Å². The molecular formula is C17H24N2O. The van der Waals surface area contributed by atoms with Gasteiger partial charge in [0.15, 0.2) is 0 Å². The SMILES string of the molecule is C=CCN(CCc1ccccc1)C(=O)[C@@H]1CC[C@@H](N)C1. The summed E-state index contributed by atoms with van der Waals surface area (Å²) in [4.78, 5) is 14.4. The number of amides is 1. The fraction of sp³-hybridized carbons (Fsp3) is 0.471. The van der Waals surface area contributed by atoms with Crippen molar-refractivity contribution in [1.82, 2.24) is 4.90 Å². The number of rotatable bonds is 6. The van der Waals surface area contributed by atoms with Gasteiger partial charge < -0.3 is 10.6 Å². The molecule has 2 atom stereocenters. The molecule has 3 nitrogen and oxygen atoms in total. The molecule has 0 saturated heterocycles. The lowest BCUT2D eigenvalue weighted by atomic mass is 10.1. The van der Waals surface area contributed by atoms with Crippen LogP contribution in [0.1, 0.15) is 24.8 Å². The second-order valence-corrected chi connectivity index (χ2v) is 5.58. The molecular weight excluding hydrogens is 248 g/mol. The van der Waals surface area contributed by atoms with E-state index in [-0.39, 0.29) is 17.9 Å². The van der Waals surface area contributed by atoms with E-state index < -0.39 is 0 Å². The van der Waals surface area contributed by atoms with Gasteiger partial charge in [0.2, 0.25) is 5.91 Å². The minimum atomic E-state index is 0.112. The molecule has 1 fully saturated rings. The second kappa shape index (κ2) is 7.25. The van der Waals surface area contributed by atoms with Gasteiger partial charge in [-0.1, -0.05) is 36.4 Å². The van der Waals surface area contributed by atoms with Gasteiger partial charge in [0.05, 0.1) is 0 Å². The normalized spacial score (nSPS) is 21.6. The third-order valence-electron chi connectivity index (χ3n) is 4.00. The number of carbonyl (C=O) groups excluding carboxylic acids is 1. The highest BCUT2D eigenvalue weighted by Crippen LogP contribution is 2.26. The van der Waals surface area contributed by atoms with Crippen LogP contribution in [0.2, 0.25) is 0 Å². The van der Waals surface area contributed by atoms with Gasteiger partial charge in [-0.25, -0.2) is 0 Å². The Morgan fingerprint density at radius 3 is 2.70 bits per heavy atom. The van der Waals surface area contributed by atoms with Crippen LogP contribution >= 0.6 is 0 Å². The molecule has 0 heterocycles. The maximum Gasteiger partial charge on any atom is 0.226 e. The molecule has 0 unspecified atom stereocenters. The van der Waals surface area contributed by atoms with Crippen LogP contribution in [0.5, 0.6) is 0 Å². The summed E-state index contributed by atoms with van der Waals surface area (Å²) >= 11 is 0. The second-order valence-electron chi connectivity index (χ2n) is 5.58. The smallest absolute Gasteiger partial charge is 0.226 e. The molecule has 1 amide bonds. The molecule has 1 aliphatic carbocycles. The Hall–Kier alpha value is -1.61. The summed E-state index contributed by atoms with van der Waals surface area (Å²) in [6.45, 7) is 5.13. The van der Waals surface area contributed by atoms with E-state index in [1.54, 1.807) is 6.08 Å². The largest absolute Gasteiger partial charge is 0.338 e. The van der Waals surface area contributed by atoms with Crippen LogP contribution in [0.3, 0.4) is 0 Å². The zero-order valence-electron chi connectivity index (χ0n) is 12.0. The molecule has 1 saturated carbocycles. The monoisotopic (exact) mass is 272 g/mol. The molecule has 2 rings (SSSR count). The lowest BCUT2D eigenvalue weighted by Gasteiger charge is -2.24. The van der Waals surface area contributed by atoms with E-state index in [1.165, 1.54) is 5.56 Å². The molecule has 3 heteroatoms. The molecule has 0 radical (unpaired) electrons. The van der Waals surface area contributed by atoms with Crippen LogP contribution in [-0.2, 0) is 11.2 Å². The molecule has 1 aliphatic rings. The fourth-order valence-electron chi connectivity index (χ4n) is 2.85. The number of nitrogens with zero attached hydrogens (tertiary/aromatic N) is 1. The maximum absolute atomic E-state index is 12.5. The molecule has 0 spiro atoms. The van der Waals surface area contributed by atoms with E-state index in [4.69, 9.17) is 5.73 Å². The van der Waals surface area contributed by atoms with Gasteiger partial charge >= 0.3 is 0 Å². The van der Waals surface area contributed by atoms with Crippen LogP contribution < -0.4 is 5.73 Å². The number of carbonyl (C=O) groups is 1. The summed E-state index contributed by atoms with van der Waals surface area (Å²) in [6.07, 6.45) is 5.42. The Morgan fingerprint density at radius 2 is 2.10 bits per heavy atom. The van der Waals surface area contributed by atoms with Crippen molar-refractivity contribution in [3.63, 3.8) is 0 Å². The van der Waals surface area contributed by atoms with Gasteiger partial charge in [0.25, 0.3) is 0 Å². The maximum atomic E-state index is 12.5. The van der Waals surface area contributed by atoms with Crippen LogP contribution in [0.25, 0.3) is 0 Å². The van der Waals surface area contributed by atoms with E-state index in [2.05, 4.69) is 18.7 Å². The molecule has 2 N–H and O–H groups in total. The topological polar surface area (TPSA) is 46.3 Å². The highest BCUT2D eigenvalue weighted by atomic mass is 16.2. The van der Waals surface area contributed by atoms with E-state index in [1.807, 2.05) is 23.1 Å². The zero-order chi connectivity index (χ0) is 14.4. The fourth-order valence-corrected chi connectivity index (χ4v) is 2.85. The molecule has 0 bridgehead atoms. The predicted octanol–water partition coefficient (Wildman–Crippen LogP) is 2.37. The van der Waals surface area contributed by atoms with Crippen molar-refractivity contribution in [3.8, 4) is 0 Å². The van der Waals surface area contributed by atoms with Crippen LogP contribution in [0.4, 0.5) is 0 Å². The highest BCUT2D eigenvalue weighted by molar-refractivity contribution is 5.79. The van der Waals surface area contributed by atoms with Gasteiger partial charge in [0, 0.05) is 25.0 Å². The number of hydrogen-bond donors (Lipinski definition) is 1. The Bertz CT molecular complexity index is 444. The lowest BCUT2D eigenvalue weighted by molar-refractivity contribution is -0.134. The van der Waals surface area contributed by atoms with Crippen LogP contribution in [0, 0.1) is 5.92 Å². The summed E-state index contributed by atoms with van der Waals surface area (Å²) in [5, 5.41) is 0. The molecule has 108 valence electrons. The standard InChI is InChI=1S/C17H24N2O/c1-2-11-19(12-10-14-6-4-3-5-7-14)17(20)15-8-9-16(18)13-15/h2-7,15-16H,1,8-13,18H2/t15-,16-/m1/s1. The Balaban J connectivity index is 1.92. The van der Waals surface area contributed by atoms with E-state index in [9.17, 15) is 4.79 Å². The summed E-state index contributed by atoms with van der Waals surface area (Å²) in [5.74, 6) is 0.356. The molecule has 20 heavy (non-hydrogen) atoms. The van der Waals surface area contributed by atoms with Crippen molar-refractivity contribution in [2.75, 3.05) is 13.1 Å². The van der Waals surface area contributed by atoms with Crippen molar-refractivity contribution in [3.05, 3.63) is 48.6 Å². The van der Waals surface area contributed by atoms with Crippen molar-refractivity contribution in [2.45, 2.75) is 31.7 Å². The highest BCUT2D eigenvalue weighted by Gasteiger charge is 2.30. The van der Waals surface area contributed by atoms with E-state index in [0.29, 0.717) is 6.54 Å². The minimum Gasteiger partial charge on any atom is -0.338 e. The van der Waals surface area contributed by atoms with Gasteiger partial charge in [0.1, 0.15) is 0 Å². The average molecular weight is 272 g/mol. The number of nitrogens with two attached hydrogens (primary N) is 1. The summed E-state index contributed by atoms with van der Waals surface area (Å²) in [6, 6.07) is 10.5. The van der Waals surface area contributed by atoms with Crippen molar-refractivity contribution in [2.24, 2.45) is 11.7 Å². The first kappa shape index (κ1) is 14.8. The first-order chi connectivity index (χ1) is 9.70. The van der Waals surface area contributed by atoms with Gasteiger partial charge in [-0.05, 0) is 31.2 Å². The summed E-state index contributed by atoms with van der Waals surface area (Å²) in [5.41, 5.74) is 7.17. The third kappa shape index (κ3) is 3.94. The third-order valence-corrected chi connectivity index (χ3v) is 4.00. The Labute approximate surface area is 121 Å². The zero-order valence-corrected chi connectivity index (χ0v) is 12.0. The molecule has 0 aliphatic heterocycles. The van der Waals surface area contributed by atoms with Gasteiger partial charge in [-0.15, -0.1) is 6.58 Å². The van der Waals surface area contributed by atoms with E-state index >= 15 is 0 Å². The molecule has 1 aromatic carbocycles. The van der Waals surface area contributed by atoms with Gasteiger partial charge in [-0.2, -0.15) is 0 Å². The molecule has 1 aromatic rings. The minimum absolute atomic E-state index is 0.112. The van der Waals surface area contributed by atoms with Crippen molar-refractivity contribution >= 4 is 5.91 Å². The van der Waals surface area contributed by atoms with Crippen molar-refractivity contribution < 1.29 is 4.79 Å². The summed E-state index contributed by atoms with van der Waals surface area (Å²) < 4.78 is 0. The number of hydrogen-bond acceptors (Lipinski definition) is 2. The predicted molar refractivity (Wildman–Crippen MR) is 82.2 cm³/mol. The van der Waals surface area contributed by atoms with Crippen LogP contribution in [-0.4, -0.2) is 29.9 Å². The Morgan fingerprint density at radius 1 is 1.35 bits per heavy atom. The first-order valence-electron chi connectivity index (χ1n) is 7.40. The average Bonchev–Trinajstić information content (AvgIpc) is 2.90. The number of benzene rings is 1.